The van der Waals surface area contributed by atoms with Gasteiger partial charge < -0.3 is 14.4 Å². The van der Waals surface area contributed by atoms with E-state index in [0.717, 1.165) is 38.5 Å². The maximum absolute atomic E-state index is 13.7. The van der Waals surface area contributed by atoms with Crippen LogP contribution in [0.2, 0.25) is 0 Å². The van der Waals surface area contributed by atoms with Crippen LogP contribution in [0.5, 0.6) is 0 Å². The second-order valence-electron chi connectivity index (χ2n) is 10.1. The summed E-state index contributed by atoms with van der Waals surface area (Å²) in [5, 5.41) is 19.9. The summed E-state index contributed by atoms with van der Waals surface area (Å²) in [6.07, 6.45) is 12.9. The van der Waals surface area contributed by atoms with Gasteiger partial charge in [0.25, 0.3) is 0 Å². The number of esters is 2. The van der Waals surface area contributed by atoms with Crippen molar-refractivity contribution in [2.24, 2.45) is 5.92 Å². The number of allylic oxidation sites excluding steroid dienone is 4. The average molecular weight is 570 g/mol. The third-order valence-electron chi connectivity index (χ3n) is 7.52. The molecule has 0 bridgehead atoms. The molecule has 1 saturated heterocycles. The fourth-order valence-electron chi connectivity index (χ4n) is 5.69. The van der Waals surface area contributed by atoms with E-state index < -0.39 is 24.1 Å². The van der Waals surface area contributed by atoms with Gasteiger partial charge in [0.2, 0.25) is 5.91 Å². The van der Waals surface area contributed by atoms with Crippen LogP contribution < -0.4 is 5.32 Å². The molecule has 0 aromatic carbocycles. The number of thioether (sulfide) groups is 1. The zero-order valence-corrected chi connectivity index (χ0v) is 23.8. The third-order valence-corrected chi connectivity index (χ3v) is 8.43. The van der Waals surface area contributed by atoms with Gasteiger partial charge in [-0.2, -0.15) is 11.8 Å². The van der Waals surface area contributed by atoms with Gasteiger partial charge in [0.05, 0.1) is 24.6 Å². The van der Waals surface area contributed by atoms with Crippen LogP contribution in [-0.2, 0) is 28.7 Å². The van der Waals surface area contributed by atoms with Gasteiger partial charge in [-0.15, -0.1) is 0 Å². The Morgan fingerprint density at radius 2 is 2.00 bits per heavy atom. The highest BCUT2D eigenvalue weighted by Gasteiger charge is 2.50. The molecule has 3 aliphatic rings. The summed E-state index contributed by atoms with van der Waals surface area (Å²) in [6, 6.07) is -1.91. The summed E-state index contributed by atoms with van der Waals surface area (Å²) in [4.78, 5) is 45.8. The van der Waals surface area contributed by atoms with E-state index in [1.165, 1.54) is 17.3 Å². The Kier molecular flexibility index (Phi) is 13.2. The molecule has 12 heteroatoms. The Bertz CT molecular complexity index is 883. The van der Waals surface area contributed by atoms with E-state index in [-0.39, 0.29) is 49.0 Å². The number of fused-ring (bicyclic) bond motifs is 1. The summed E-state index contributed by atoms with van der Waals surface area (Å²) in [6.45, 7) is 4.07. The van der Waals surface area contributed by atoms with Gasteiger partial charge in [0, 0.05) is 17.5 Å². The highest BCUT2D eigenvalue weighted by Crippen LogP contribution is 2.42. The van der Waals surface area contributed by atoms with Crippen LogP contribution in [0.1, 0.15) is 65.2 Å². The largest absolute Gasteiger partial charge is 0.465 e. The maximum Gasteiger partial charge on any atom is 0.328 e. The predicted octanol–water partition coefficient (Wildman–Crippen LogP) is 3.01. The second kappa shape index (κ2) is 16.3. The molecule has 0 aromatic rings. The minimum atomic E-state index is -0.664. The van der Waals surface area contributed by atoms with Crippen molar-refractivity contribution < 1.29 is 39.1 Å². The van der Waals surface area contributed by atoms with E-state index in [1.54, 1.807) is 18.7 Å². The molecule has 0 aromatic heterocycles. The molecule has 0 spiro atoms. The van der Waals surface area contributed by atoms with E-state index in [9.17, 15) is 14.4 Å². The Morgan fingerprint density at radius 1 is 1.21 bits per heavy atom. The van der Waals surface area contributed by atoms with E-state index >= 15 is 0 Å². The van der Waals surface area contributed by atoms with Gasteiger partial charge in [-0.25, -0.2) is 9.63 Å². The molecule has 1 saturated carbocycles. The number of carbonyl (C=O) groups is 3. The normalized spacial score (nSPS) is 23.9. The highest BCUT2D eigenvalue weighted by molar-refractivity contribution is 7.99. The minimum Gasteiger partial charge on any atom is -0.465 e. The highest BCUT2D eigenvalue weighted by atomic mass is 32.2. The van der Waals surface area contributed by atoms with Gasteiger partial charge in [0.15, 0.2) is 0 Å². The summed E-state index contributed by atoms with van der Waals surface area (Å²) in [7, 11) is 0. The molecule has 11 nitrogen and oxygen atoms in total. The first-order chi connectivity index (χ1) is 18.8. The van der Waals surface area contributed by atoms with Crippen LogP contribution >= 0.6 is 11.8 Å². The van der Waals surface area contributed by atoms with Gasteiger partial charge in [-0.05, 0) is 64.7 Å². The number of ether oxygens (including phenoxy) is 2. The molecule has 39 heavy (non-hydrogen) atoms. The van der Waals surface area contributed by atoms with Gasteiger partial charge >= 0.3 is 11.9 Å². The topological polar surface area (TPSA) is 138 Å². The van der Waals surface area contributed by atoms with Crippen molar-refractivity contribution in [3.63, 3.8) is 0 Å². The van der Waals surface area contributed by atoms with Crippen molar-refractivity contribution in [3.8, 4) is 0 Å². The van der Waals surface area contributed by atoms with Gasteiger partial charge in [-0.1, -0.05) is 30.2 Å². The fraction of sp³-hybridized carbons (Fsp3) is 0.741. The van der Waals surface area contributed by atoms with Gasteiger partial charge in [0.1, 0.15) is 18.7 Å². The lowest BCUT2D eigenvalue weighted by Crippen LogP contribution is -2.55. The number of likely N-dealkylation sites (tertiary alicyclic amines) is 1. The molecule has 5 unspecified atom stereocenters. The predicted molar refractivity (Wildman–Crippen MR) is 145 cm³/mol. The monoisotopic (exact) mass is 569 g/mol. The number of carbonyl (C=O) groups excluding carboxylic acids is 3. The molecule has 1 amide bonds. The fourth-order valence-corrected chi connectivity index (χ4v) is 6.29. The van der Waals surface area contributed by atoms with Crippen LogP contribution in [0.4, 0.5) is 0 Å². The lowest BCUT2D eigenvalue weighted by molar-refractivity contribution is -0.490. The average Bonchev–Trinajstić information content (AvgIpc) is 3.52. The van der Waals surface area contributed by atoms with Crippen LogP contribution in [0, 0.1) is 5.92 Å². The van der Waals surface area contributed by atoms with Crippen molar-refractivity contribution >= 4 is 29.6 Å². The van der Waals surface area contributed by atoms with Crippen LogP contribution in [-0.4, -0.2) is 94.0 Å². The molecule has 0 radical (unpaired) electrons. The molecule has 2 fully saturated rings. The molecular weight excluding hydrogens is 526 g/mol. The smallest absolute Gasteiger partial charge is 0.328 e. The Morgan fingerprint density at radius 3 is 2.72 bits per heavy atom. The van der Waals surface area contributed by atoms with Gasteiger partial charge in [-0.3, -0.25) is 25.3 Å². The van der Waals surface area contributed by atoms with E-state index in [4.69, 9.17) is 19.9 Å². The summed E-state index contributed by atoms with van der Waals surface area (Å²) in [5.41, 5.74) is 1.28. The van der Waals surface area contributed by atoms with Crippen LogP contribution in [0.15, 0.2) is 23.8 Å². The van der Waals surface area contributed by atoms with E-state index in [0.29, 0.717) is 24.3 Å². The number of nitrogens with one attached hydrogen (secondary N) is 1. The summed E-state index contributed by atoms with van der Waals surface area (Å²) in [5.74, 6) is 0.324. The molecule has 5 atom stereocenters. The van der Waals surface area contributed by atoms with Crippen molar-refractivity contribution in [3.05, 3.63) is 23.8 Å². The van der Waals surface area contributed by atoms with Crippen molar-refractivity contribution in [1.29, 1.82) is 0 Å². The lowest BCUT2D eigenvalue weighted by Gasteiger charge is -2.32. The molecular formula is C27H43N3O8S. The first-order valence-corrected chi connectivity index (χ1v) is 15.1. The third kappa shape index (κ3) is 9.58. The molecule has 1 aliphatic heterocycles. The van der Waals surface area contributed by atoms with Crippen molar-refractivity contribution in [2.75, 3.05) is 31.3 Å². The Labute approximate surface area is 234 Å². The minimum absolute atomic E-state index is 0.00552. The standard InChI is InChI=1S/C27H43N3O8S/c1-3-36-26(32)22(13-12-20-8-5-4-6-9-20)28-19(2)25(31)29-23-11-7-10-21(23)18-24(29)27(33)37-14-16-39-17-15-38-30(34)35/h4-5,8,19,21-24,28,34-35H,3,6-7,9-18H2,1-2H3. The van der Waals surface area contributed by atoms with Crippen LogP contribution in [0.3, 0.4) is 0 Å². The quantitative estimate of drug-likeness (QED) is 0.144. The molecule has 2 aliphatic carbocycles. The second-order valence-corrected chi connectivity index (χ2v) is 11.4. The molecule has 3 N–H and O–H groups in total. The lowest BCUT2D eigenvalue weighted by atomic mass is 9.97. The summed E-state index contributed by atoms with van der Waals surface area (Å²) >= 11 is 1.44. The zero-order valence-electron chi connectivity index (χ0n) is 23.0. The Balaban J connectivity index is 1.57. The molecule has 1 heterocycles. The van der Waals surface area contributed by atoms with E-state index in [1.807, 2.05) is 6.08 Å². The van der Waals surface area contributed by atoms with Crippen LogP contribution in [0.25, 0.3) is 0 Å². The number of amides is 1. The number of rotatable bonds is 16. The summed E-state index contributed by atoms with van der Waals surface area (Å²) < 4.78 is 10.8. The van der Waals surface area contributed by atoms with Crippen molar-refractivity contribution in [2.45, 2.75) is 89.4 Å². The first-order valence-electron chi connectivity index (χ1n) is 14.0. The number of nitrogens with zero attached hydrogens (tertiary/aromatic N) is 2. The SMILES string of the molecule is CCOC(=O)C(CCC1=CC=CCC1)NC(C)C(=O)N1C(C(=O)OCCSCCON(O)O)CC2CCCC21. The number of hydrogen-bond acceptors (Lipinski definition) is 11. The Hall–Kier alpha value is -1.96. The number of hydrogen-bond donors (Lipinski definition) is 3. The first kappa shape index (κ1) is 31.6. The molecule has 220 valence electrons. The van der Waals surface area contributed by atoms with Crippen molar-refractivity contribution in [1.82, 2.24) is 15.6 Å². The zero-order chi connectivity index (χ0) is 28.2. The van der Waals surface area contributed by atoms with E-state index in [2.05, 4.69) is 22.3 Å². The molecule has 3 rings (SSSR count). The maximum atomic E-state index is 13.7.